The van der Waals surface area contributed by atoms with Crippen molar-refractivity contribution < 1.29 is 4.79 Å². The second kappa shape index (κ2) is 4.90. The Balaban J connectivity index is 1.28. The summed E-state index contributed by atoms with van der Waals surface area (Å²) in [6.07, 6.45) is 6.97. The molecule has 24 heavy (non-hydrogen) atoms. The number of nitrogens with one attached hydrogen (secondary N) is 1. The number of rotatable bonds is 3. The van der Waals surface area contributed by atoms with Crippen LogP contribution in [0.3, 0.4) is 0 Å². The lowest BCUT2D eigenvalue weighted by molar-refractivity contribution is 0.0950. The second-order valence-corrected chi connectivity index (χ2v) is 6.94. The molecule has 0 bridgehead atoms. The van der Waals surface area contributed by atoms with Crippen LogP contribution in [0.15, 0.2) is 48.9 Å². The highest BCUT2D eigenvalue weighted by Gasteiger charge is 2.57. The predicted octanol–water partition coefficient (Wildman–Crippen LogP) is 2.36. The fourth-order valence-electron chi connectivity index (χ4n) is 4.28. The number of nitrogens with zero attached hydrogens (tertiary/aromatic N) is 3. The van der Waals surface area contributed by atoms with Crippen molar-refractivity contribution >= 4 is 11.6 Å². The van der Waals surface area contributed by atoms with Crippen LogP contribution in [-0.4, -0.2) is 27.0 Å². The van der Waals surface area contributed by atoms with Crippen molar-refractivity contribution in [3.63, 3.8) is 0 Å². The third-order valence-corrected chi connectivity index (χ3v) is 5.69. The quantitative estimate of drug-likeness (QED) is 0.806. The molecule has 5 nitrogen and oxygen atoms in total. The standard InChI is InChI=1S/C19H18N4O/c24-18(14-5-6-17-22-21-12-23(17)11-14)20-10-15-9-19(15)8-7-13-3-1-2-4-16(13)19/h1-6,11-12,15H,7-10H2,(H,20,24)/t15-,19+/m1/s1. The molecule has 1 fully saturated rings. The van der Waals surface area contributed by atoms with Gasteiger partial charge in [0.1, 0.15) is 6.33 Å². The largest absolute Gasteiger partial charge is 0.352 e. The van der Waals surface area contributed by atoms with E-state index in [4.69, 9.17) is 0 Å². The van der Waals surface area contributed by atoms with E-state index >= 15 is 0 Å². The molecule has 1 spiro atoms. The van der Waals surface area contributed by atoms with Crippen molar-refractivity contribution in [3.8, 4) is 0 Å². The summed E-state index contributed by atoms with van der Waals surface area (Å²) >= 11 is 0. The molecule has 1 aromatic carbocycles. The first-order chi connectivity index (χ1) is 11.8. The summed E-state index contributed by atoms with van der Waals surface area (Å²) in [6, 6.07) is 12.4. The van der Waals surface area contributed by atoms with E-state index in [1.54, 1.807) is 23.0 Å². The van der Waals surface area contributed by atoms with E-state index in [-0.39, 0.29) is 5.91 Å². The van der Waals surface area contributed by atoms with E-state index in [9.17, 15) is 4.79 Å². The molecule has 2 atom stereocenters. The fourth-order valence-corrected chi connectivity index (χ4v) is 4.28. The zero-order valence-electron chi connectivity index (χ0n) is 13.3. The second-order valence-electron chi connectivity index (χ2n) is 6.94. The fraction of sp³-hybridized carbons (Fsp3) is 0.316. The molecule has 2 aliphatic rings. The number of hydrogen-bond acceptors (Lipinski definition) is 3. The molecule has 2 aromatic heterocycles. The Morgan fingerprint density at radius 1 is 1.29 bits per heavy atom. The van der Waals surface area contributed by atoms with Gasteiger partial charge in [-0.15, -0.1) is 10.2 Å². The van der Waals surface area contributed by atoms with Crippen molar-refractivity contribution in [2.75, 3.05) is 6.54 Å². The minimum absolute atomic E-state index is 0.0288. The van der Waals surface area contributed by atoms with Gasteiger partial charge in [-0.2, -0.15) is 0 Å². The smallest absolute Gasteiger partial charge is 0.252 e. The molecule has 120 valence electrons. The van der Waals surface area contributed by atoms with Gasteiger partial charge in [-0.05, 0) is 48.4 Å². The van der Waals surface area contributed by atoms with Crippen LogP contribution in [0.1, 0.15) is 34.3 Å². The number of fused-ring (bicyclic) bond motifs is 3. The number of hydrogen-bond donors (Lipinski definition) is 1. The van der Waals surface area contributed by atoms with E-state index in [0.29, 0.717) is 16.9 Å². The molecule has 0 unspecified atom stereocenters. The van der Waals surface area contributed by atoms with Crippen molar-refractivity contribution in [3.05, 3.63) is 65.6 Å². The van der Waals surface area contributed by atoms with Gasteiger partial charge in [-0.3, -0.25) is 9.20 Å². The van der Waals surface area contributed by atoms with Crippen molar-refractivity contribution in [2.24, 2.45) is 5.92 Å². The maximum atomic E-state index is 12.4. The summed E-state index contributed by atoms with van der Waals surface area (Å²) in [5.74, 6) is 0.530. The highest BCUT2D eigenvalue weighted by Crippen LogP contribution is 2.61. The van der Waals surface area contributed by atoms with E-state index in [1.807, 2.05) is 6.07 Å². The first kappa shape index (κ1) is 13.7. The average Bonchev–Trinajstić information content (AvgIpc) is 2.93. The molecule has 2 aliphatic carbocycles. The number of benzene rings is 1. The molecule has 2 heterocycles. The van der Waals surface area contributed by atoms with Crippen LogP contribution in [0.4, 0.5) is 0 Å². The maximum Gasteiger partial charge on any atom is 0.252 e. The summed E-state index contributed by atoms with van der Waals surface area (Å²) in [4.78, 5) is 12.4. The predicted molar refractivity (Wildman–Crippen MR) is 89.9 cm³/mol. The molecular weight excluding hydrogens is 300 g/mol. The zero-order valence-corrected chi connectivity index (χ0v) is 13.3. The third kappa shape index (κ3) is 1.97. The summed E-state index contributed by atoms with van der Waals surface area (Å²) < 4.78 is 1.76. The Labute approximate surface area is 139 Å². The third-order valence-electron chi connectivity index (χ3n) is 5.69. The molecule has 1 saturated carbocycles. The molecule has 5 heteroatoms. The van der Waals surface area contributed by atoms with Crippen LogP contribution in [0, 0.1) is 5.92 Å². The molecule has 5 rings (SSSR count). The van der Waals surface area contributed by atoms with Gasteiger partial charge in [-0.1, -0.05) is 24.3 Å². The average molecular weight is 318 g/mol. The Morgan fingerprint density at radius 3 is 3.17 bits per heavy atom. The lowest BCUT2D eigenvalue weighted by Gasteiger charge is -2.12. The Hall–Kier alpha value is -2.69. The number of carbonyl (C=O) groups is 1. The SMILES string of the molecule is O=C(NC[C@H]1C[C@@]12CCc1ccccc12)c1ccc2nncn2c1. The Kier molecular flexibility index (Phi) is 2.80. The highest BCUT2D eigenvalue weighted by atomic mass is 16.1. The lowest BCUT2D eigenvalue weighted by atomic mass is 9.95. The molecule has 3 aromatic rings. The monoisotopic (exact) mass is 318 g/mol. The van der Waals surface area contributed by atoms with Gasteiger partial charge in [0, 0.05) is 18.2 Å². The minimum Gasteiger partial charge on any atom is -0.352 e. The van der Waals surface area contributed by atoms with Gasteiger partial charge in [-0.25, -0.2) is 0 Å². The van der Waals surface area contributed by atoms with Crippen LogP contribution >= 0.6 is 0 Å². The molecule has 1 N–H and O–H groups in total. The summed E-state index contributed by atoms with van der Waals surface area (Å²) in [5, 5.41) is 10.9. The molecule has 0 aliphatic heterocycles. The van der Waals surface area contributed by atoms with Gasteiger partial charge >= 0.3 is 0 Å². The first-order valence-corrected chi connectivity index (χ1v) is 8.42. The molecular formula is C19H18N4O. The topological polar surface area (TPSA) is 59.3 Å². The van der Waals surface area contributed by atoms with E-state index in [1.165, 1.54) is 30.4 Å². The van der Waals surface area contributed by atoms with E-state index < -0.39 is 0 Å². The van der Waals surface area contributed by atoms with Crippen LogP contribution in [0.5, 0.6) is 0 Å². The molecule has 1 amide bonds. The summed E-state index contributed by atoms with van der Waals surface area (Å²) in [6.45, 7) is 0.743. The number of carbonyl (C=O) groups excluding carboxylic acids is 1. The Morgan fingerprint density at radius 2 is 2.21 bits per heavy atom. The van der Waals surface area contributed by atoms with Gasteiger partial charge in [0.15, 0.2) is 5.65 Å². The highest BCUT2D eigenvalue weighted by molar-refractivity contribution is 5.94. The van der Waals surface area contributed by atoms with Gasteiger partial charge < -0.3 is 5.32 Å². The van der Waals surface area contributed by atoms with Crippen LogP contribution < -0.4 is 5.32 Å². The van der Waals surface area contributed by atoms with Crippen LogP contribution in [0.25, 0.3) is 5.65 Å². The number of pyridine rings is 1. The minimum atomic E-state index is -0.0288. The van der Waals surface area contributed by atoms with Crippen LogP contribution in [-0.2, 0) is 11.8 Å². The van der Waals surface area contributed by atoms with Crippen molar-refractivity contribution in [1.82, 2.24) is 19.9 Å². The Bertz CT molecular complexity index is 947. The summed E-state index contributed by atoms with van der Waals surface area (Å²) in [5.41, 5.74) is 4.71. The normalized spacial score (nSPS) is 24.2. The van der Waals surface area contributed by atoms with Crippen molar-refractivity contribution in [1.29, 1.82) is 0 Å². The van der Waals surface area contributed by atoms with Gasteiger partial charge in [0.2, 0.25) is 0 Å². The number of aryl methyl sites for hydroxylation is 1. The van der Waals surface area contributed by atoms with Gasteiger partial charge in [0.05, 0.1) is 5.56 Å². The number of amides is 1. The van der Waals surface area contributed by atoms with E-state index in [0.717, 1.165) is 12.2 Å². The molecule has 0 radical (unpaired) electrons. The zero-order chi connectivity index (χ0) is 16.1. The van der Waals surface area contributed by atoms with E-state index in [2.05, 4.69) is 39.8 Å². The van der Waals surface area contributed by atoms with Crippen LogP contribution in [0.2, 0.25) is 0 Å². The van der Waals surface area contributed by atoms with Crippen molar-refractivity contribution in [2.45, 2.75) is 24.7 Å². The number of aromatic nitrogens is 3. The maximum absolute atomic E-state index is 12.4. The first-order valence-electron chi connectivity index (χ1n) is 8.42. The summed E-state index contributed by atoms with van der Waals surface area (Å²) in [7, 11) is 0. The molecule has 0 saturated heterocycles. The van der Waals surface area contributed by atoms with Gasteiger partial charge in [0.25, 0.3) is 5.91 Å². The lowest BCUT2D eigenvalue weighted by Crippen LogP contribution is -2.27.